The molecule has 180 valence electrons. The Morgan fingerprint density at radius 2 is 1.91 bits per heavy atom. The predicted molar refractivity (Wildman–Crippen MR) is 126 cm³/mol. The quantitative estimate of drug-likeness (QED) is 0.440. The van der Waals surface area contributed by atoms with Gasteiger partial charge in [0.15, 0.2) is 0 Å². The summed E-state index contributed by atoms with van der Waals surface area (Å²) in [6, 6.07) is 4.25. The zero-order chi connectivity index (χ0) is 23.3. The number of nitrogens with one attached hydrogen (secondary N) is 1. The Bertz CT molecular complexity index is 884. The summed E-state index contributed by atoms with van der Waals surface area (Å²) >= 11 is 0. The molecule has 1 aromatic rings. The molecule has 3 rings (SSSR count). The SMILES string of the molecule is C[C@@H]1CCCN(S(=O)(=O)c2ccc(NCC3CCN(CCN(C)C)CC3)c([N+](=O)[O-])c2)C1. The van der Waals surface area contributed by atoms with Crippen molar-refractivity contribution < 1.29 is 13.3 Å². The van der Waals surface area contributed by atoms with Gasteiger partial charge in [-0.2, -0.15) is 4.31 Å². The molecule has 1 aromatic carbocycles. The third-order valence-corrected chi connectivity index (χ3v) is 8.44. The molecule has 0 aliphatic carbocycles. The van der Waals surface area contributed by atoms with Crippen molar-refractivity contribution in [2.24, 2.45) is 11.8 Å². The average molecular weight is 468 g/mol. The van der Waals surface area contributed by atoms with Gasteiger partial charge in [0.1, 0.15) is 5.69 Å². The topological polar surface area (TPSA) is 99.0 Å². The molecule has 32 heavy (non-hydrogen) atoms. The first kappa shape index (κ1) is 24.9. The fraction of sp³-hybridized carbons (Fsp3) is 0.727. The second-order valence-corrected chi connectivity index (χ2v) is 11.5. The average Bonchev–Trinajstić information content (AvgIpc) is 2.76. The van der Waals surface area contributed by atoms with E-state index in [1.54, 1.807) is 6.07 Å². The highest BCUT2D eigenvalue weighted by molar-refractivity contribution is 7.89. The maximum Gasteiger partial charge on any atom is 0.293 e. The molecule has 1 N–H and O–H groups in total. The number of nitro benzene ring substituents is 1. The van der Waals surface area contributed by atoms with E-state index >= 15 is 0 Å². The number of piperidine rings is 2. The first-order valence-electron chi connectivity index (χ1n) is 11.6. The molecule has 9 nitrogen and oxygen atoms in total. The van der Waals surface area contributed by atoms with Crippen molar-refractivity contribution in [1.82, 2.24) is 14.1 Å². The standard InChI is InChI=1S/C22H37N5O4S/c1-18-5-4-10-26(17-18)32(30,31)20-6-7-21(22(15-20)27(28)29)23-16-19-8-11-25(12-9-19)14-13-24(2)3/h6-7,15,18-19,23H,4-5,8-14,16-17H2,1-3H3/t18-/m1/s1. The number of sulfonamides is 1. The van der Waals surface area contributed by atoms with Crippen LogP contribution in [0.2, 0.25) is 0 Å². The molecule has 0 saturated carbocycles. The van der Waals surface area contributed by atoms with Crippen LogP contribution in [0.1, 0.15) is 32.6 Å². The van der Waals surface area contributed by atoms with Crippen molar-refractivity contribution in [2.75, 3.05) is 65.2 Å². The van der Waals surface area contributed by atoms with Crippen molar-refractivity contribution in [2.45, 2.75) is 37.5 Å². The van der Waals surface area contributed by atoms with Crippen LogP contribution in [-0.4, -0.2) is 87.4 Å². The van der Waals surface area contributed by atoms with Gasteiger partial charge in [0, 0.05) is 38.8 Å². The minimum Gasteiger partial charge on any atom is -0.379 e. The number of hydrogen-bond donors (Lipinski definition) is 1. The summed E-state index contributed by atoms with van der Waals surface area (Å²) in [6.45, 7) is 7.78. The highest BCUT2D eigenvalue weighted by Crippen LogP contribution is 2.31. The van der Waals surface area contributed by atoms with Crippen LogP contribution in [0, 0.1) is 22.0 Å². The number of rotatable bonds is 9. The number of nitrogens with zero attached hydrogens (tertiary/aromatic N) is 4. The fourth-order valence-electron chi connectivity index (χ4n) is 4.50. The number of benzene rings is 1. The molecule has 0 amide bonds. The van der Waals surface area contributed by atoms with Crippen LogP contribution < -0.4 is 5.32 Å². The molecule has 1 atom stereocenters. The van der Waals surface area contributed by atoms with Crippen LogP contribution >= 0.6 is 0 Å². The van der Waals surface area contributed by atoms with E-state index in [-0.39, 0.29) is 10.6 Å². The van der Waals surface area contributed by atoms with Gasteiger partial charge in [-0.05, 0) is 76.8 Å². The summed E-state index contributed by atoms with van der Waals surface area (Å²) in [4.78, 5) is 15.8. The van der Waals surface area contributed by atoms with Crippen molar-refractivity contribution in [3.8, 4) is 0 Å². The summed E-state index contributed by atoms with van der Waals surface area (Å²) in [5.74, 6) is 0.743. The second kappa shape index (κ2) is 10.9. The molecule has 2 aliphatic heterocycles. The predicted octanol–water partition coefficient (Wildman–Crippen LogP) is 2.70. The molecular weight excluding hydrogens is 430 g/mol. The lowest BCUT2D eigenvalue weighted by Gasteiger charge is -2.32. The van der Waals surface area contributed by atoms with Crippen molar-refractivity contribution in [3.05, 3.63) is 28.3 Å². The number of likely N-dealkylation sites (tertiary alicyclic amines) is 1. The molecule has 2 saturated heterocycles. The van der Waals surface area contributed by atoms with E-state index in [1.165, 1.54) is 16.4 Å². The number of anilines is 1. The molecule has 10 heteroatoms. The smallest absolute Gasteiger partial charge is 0.293 e. The Labute approximate surface area is 192 Å². The third kappa shape index (κ3) is 6.40. The third-order valence-electron chi connectivity index (χ3n) is 6.58. The molecule has 0 radical (unpaired) electrons. The van der Waals surface area contributed by atoms with E-state index in [2.05, 4.69) is 29.2 Å². The molecule has 0 bridgehead atoms. The van der Waals surface area contributed by atoms with E-state index in [1.807, 2.05) is 6.92 Å². The number of hydrogen-bond acceptors (Lipinski definition) is 7. The number of nitro groups is 1. The largest absolute Gasteiger partial charge is 0.379 e. The lowest BCUT2D eigenvalue weighted by atomic mass is 9.96. The first-order valence-corrected chi connectivity index (χ1v) is 13.0. The highest BCUT2D eigenvalue weighted by atomic mass is 32.2. The van der Waals surface area contributed by atoms with Crippen LogP contribution in [0.4, 0.5) is 11.4 Å². The highest BCUT2D eigenvalue weighted by Gasteiger charge is 2.30. The summed E-state index contributed by atoms with van der Waals surface area (Å²) in [5, 5.41) is 14.9. The van der Waals surface area contributed by atoms with Gasteiger partial charge in [0.2, 0.25) is 10.0 Å². The Balaban J connectivity index is 1.62. The van der Waals surface area contributed by atoms with Gasteiger partial charge in [-0.3, -0.25) is 10.1 Å². The van der Waals surface area contributed by atoms with E-state index in [0.29, 0.717) is 37.2 Å². The monoisotopic (exact) mass is 467 g/mol. The van der Waals surface area contributed by atoms with Crippen LogP contribution in [-0.2, 0) is 10.0 Å². The Morgan fingerprint density at radius 1 is 1.19 bits per heavy atom. The van der Waals surface area contributed by atoms with Crippen LogP contribution in [0.15, 0.2) is 23.1 Å². The van der Waals surface area contributed by atoms with E-state index in [4.69, 9.17) is 0 Å². The number of likely N-dealkylation sites (N-methyl/N-ethyl adjacent to an activating group) is 1. The maximum atomic E-state index is 13.0. The van der Waals surface area contributed by atoms with Crippen molar-refractivity contribution >= 4 is 21.4 Å². The van der Waals surface area contributed by atoms with Gasteiger partial charge in [-0.15, -0.1) is 0 Å². The molecule has 2 fully saturated rings. The van der Waals surface area contributed by atoms with E-state index in [9.17, 15) is 18.5 Å². The van der Waals surface area contributed by atoms with Gasteiger partial charge in [0.25, 0.3) is 5.69 Å². The van der Waals surface area contributed by atoms with E-state index in [0.717, 1.165) is 51.9 Å². The maximum absolute atomic E-state index is 13.0. The molecule has 0 spiro atoms. The lowest BCUT2D eigenvalue weighted by molar-refractivity contribution is -0.384. The van der Waals surface area contributed by atoms with Crippen LogP contribution in [0.3, 0.4) is 0 Å². The summed E-state index contributed by atoms with van der Waals surface area (Å²) in [7, 11) is 0.424. The van der Waals surface area contributed by atoms with Crippen molar-refractivity contribution in [3.63, 3.8) is 0 Å². The fourth-order valence-corrected chi connectivity index (χ4v) is 6.11. The van der Waals surface area contributed by atoms with Gasteiger partial charge >= 0.3 is 0 Å². The molecule has 0 unspecified atom stereocenters. The zero-order valence-electron chi connectivity index (χ0n) is 19.5. The van der Waals surface area contributed by atoms with Crippen LogP contribution in [0.25, 0.3) is 0 Å². The molecule has 2 aliphatic rings. The summed E-state index contributed by atoms with van der Waals surface area (Å²) in [5.41, 5.74) is 0.204. The Kier molecular flexibility index (Phi) is 8.49. The summed E-state index contributed by atoms with van der Waals surface area (Å²) in [6.07, 6.45) is 3.92. The minimum absolute atomic E-state index is 0.00181. The first-order chi connectivity index (χ1) is 15.2. The molecule has 2 heterocycles. The summed E-state index contributed by atoms with van der Waals surface area (Å²) < 4.78 is 27.5. The normalized spacial score (nSPS) is 21.7. The van der Waals surface area contributed by atoms with Crippen molar-refractivity contribution in [1.29, 1.82) is 0 Å². The van der Waals surface area contributed by atoms with Gasteiger partial charge in [-0.1, -0.05) is 6.92 Å². The van der Waals surface area contributed by atoms with Gasteiger partial charge in [-0.25, -0.2) is 8.42 Å². The second-order valence-electron chi connectivity index (χ2n) is 9.52. The lowest BCUT2D eigenvalue weighted by Crippen LogP contribution is -2.39. The Hall–Kier alpha value is -1.75. The molecular formula is C22H37N5O4S. The molecule has 0 aromatic heterocycles. The zero-order valence-corrected chi connectivity index (χ0v) is 20.3. The van der Waals surface area contributed by atoms with Crippen LogP contribution in [0.5, 0.6) is 0 Å². The van der Waals surface area contributed by atoms with Gasteiger partial charge in [0.05, 0.1) is 9.82 Å². The van der Waals surface area contributed by atoms with Gasteiger partial charge < -0.3 is 15.1 Å². The minimum atomic E-state index is -3.73. The van der Waals surface area contributed by atoms with E-state index < -0.39 is 14.9 Å². The Morgan fingerprint density at radius 3 is 2.53 bits per heavy atom.